The predicted molar refractivity (Wildman–Crippen MR) is 157 cm³/mol. The van der Waals surface area contributed by atoms with E-state index in [1.54, 1.807) is 0 Å². The second-order valence-corrected chi connectivity index (χ2v) is 11.7. The van der Waals surface area contributed by atoms with Gasteiger partial charge in [0.15, 0.2) is 0 Å². The number of aryl methyl sites for hydroxylation is 1. The first kappa shape index (κ1) is 25.7. The number of hydrogen-bond acceptors (Lipinski definition) is 4. The van der Waals surface area contributed by atoms with Crippen molar-refractivity contribution in [3.05, 3.63) is 95.1 Å². The van der Waals surface area contributed by atoms with Crippen molar-refractivity contribution in [2.75, 3.05) is 37.6 Å². The van der Waals surface area contributed by atoms with Crippen LogP contribution in [-0.4, -0.2) is 53.8 Å². The summed E-state index contributed by atoms with van der Waals surface area (Å²) in [4.78, 5) is 15.7. The number of carbonyl (C=O) groups is 1. The third-order valence-electron chi connectivity index (χ3n) is 8.95. The van der Waals surface area contributed by atoms with Gasteiger partial charge in [-0.25, -0.2) is 0 Å². The van der Waals surface area contributed by atoms with Crippen molar-refractivity contribution in [3.8, 4) is 5.75 Å². The van der Waals surface area contributed by atoms with Crippen LogP contribution in [0.2, 0.25) is 0 Å². The van der Waals surface area contributed by atoms with Crippen LogP contribution in [0.15, 0.2) is 72.8 Å². The molecule has 3 aromatic carbocycles. The Kier molecular flexibility index (Phi) is 7.18. The van der Waals surface area contributed by atoms with E-state index in [1.165, 1.54) is 51.9 Å². The second-order valence-electron chi connectivity index (χ2n) is 11.7. The fourth-order valence-corrected chi connectivity index (χ4v) is 7.07. The monoisotopic (exact) mass is 522 g/mol. The van der Waals surface area contributed by atoms with Crippen molar-refractivity contribution >= 4 is 22.8 Å². The molecule has 2 N–H and O–H groups in total. The van der Waals surface area contributed by atoms with Gasteiger partial charge in [0.05, 0.1) is 6.54 Å². The van der Waals surface area contributed by atoms with Gasteiger partial charge in [-0.15, -0.1) is 0 Å². The maximum absolute atomic E-state index is 11.1. The van der Waals surface area contributed by atoms with Crippen molar-refractivity contribution in [2.24, 2.45) is 5.41 Å². The Morgan fingerprint density at radius 1 is 0.821 bits per heavy atom. The number of benzene rings is 3. The third-order valence-corrected chi connectivity index (χ3v) is 8.95. The Balaban J connectivity index is 1.23. The third kappa shape index (κ3) is 5.46. The number of carboxylic acids is 1. The highest BCUT2D eigenvalue weighted by molar-refractivity contribution is 6.00. The Bertz CT molecular complexity index is 1340. The van der Waals surface area contributed by atoms with Gasteiger partial charge in [0.25, 0.3) is 0 Å². The van der Waals surface area contributed by atoms with E-state index in [9.17, 15) is 9.90 Å². The van der Waals surface area contributed by atoms with Gasteiger partial charge in [-0.3, -0.25) is 9.69 Å². The first-order valence-electron chi connectivity index (χ1n) is 14.4. The molecule has 2 heterocycles. The van der Waals surface area contributed by atoms with Crippen molar-refractivity contribution in [1.29, 1.82) is 0 Å². The van der Waals surface area contributed by atoms with Crippen LogP contribution in [0.4, 0.5) is 5.69 Å². The summed E-state index contributed by atoms with van der Waals surface area (Å²) < 4.78 is 0. The van der Waals surface area contributed by atoms with Crippen LogP contribution in [-0.2, 0) is 11.2 Å². The summed E-state index contributed by atoms with van der Waals surface area (Å²) in [7, 11) is 0. The molecule has 39 heavy (non-hydrogen) atoms. The second kappa shape index (κ2) is 10.9. The van der Waals surface area contributed by atoms with E-state index in [0.29, 0.717) is 11.2 Å². The van der Waals surface area contributed by atoms with Gasteiger partial charge in [-0.05, 0) is 116 Å². The minimum absolute atomic E-state index is 0.166. The molecule has 3 aromatic rings. The van der Waals surface area contributed by atoms with E-state index in [1.807, 2.05) is 12.1 Å². The van der Waals surface area contributed by atoms with Crippen molar-refractivity contribution < 1.29 is 15.0 Å². The topological polar surface area (TPSA) is 64.0 Å². The summed E-state index contributed by atoms with van der Waals surface area (Å²) in [5, 5.41) is 19.3. The number of nitrogens with zero attached hydrogens (tertiary/aromatic N) is 2. The molecule has 1 aliphatic carbocycles. The Hall–Kier alpha value is -3.57. The molecule has 5 heteroatoms. The summed E-state index contributed by atoms with van der Waals surface area (Å²) in [6.07, 6.45) is 7.53. The highest BCUT2D eigenvalue weighted by Crippen LogP contribution is 2.44. The predicted octanol–water partition coefficient (Wildman–Crippen LogP) is 6.45. The van der Waals surface area contributed by atoms with E-state index in [2.05, 4.69) is 70.5 Å². The molecule has 0 aromatic heterocycles. The van der Waals surface area contributed by atoms with Crippen molar-refractivity contribution in [3.63, 3.8) is 0 Å². The number of rotatable bonds is 5. The zero-order valence-corrected chi connectivity index (χ0v) is 22.6. The summed E-state index contributed by atoms with van der Waals surface area (Å²) in [5.41, 5.74) is 9.26. The first-order valence-corrected chi connectivity index (χ1v) is 14.4. The van der Waals surface area contributed by atoms with Gasteiger partial charge in [0.1, 0.15) is 5.75 Å². The quantitative estimate of drug-likeness (QED) is 0.403. The van der Waals surface area contributed by atoms with Crippen LogP contribution in [0.5, 0.6) is 5.75 Å². The molecule has 0 radical (unpaired) electrons. The molecule has 2 aliphatic heterocycles. The Labute approximate surface area is 231 Å². The van der Waals surface area contributed by atoms with Gasteiger partial charge >= 0.3 is 5.97 Å². The first-order chi connectivity index (χ1) is 19.0. The number of aliphatic carboxylic acids is 1. The molecule has 6 rings (SSSR count). The standard InChI is InChI=1S/C34H38N2O3/c37-29-15-16-31-27(21-29)9-4-10-30(25-7-2-1-3-8-25)33(31)26-11-13-28(14-12-26)36-23-34(24-36)17-5-19-35(20-6-18-34)22-32(38)39/h1-3,7-8,11-16,21,37H,4-6,9-10,17-20,22-24H2,(H,38,39). The highest BCUT2D eigenvalue weighted by Gasteiger charge is 2.42. The van der Waals surface area contributed by atoms with Gasteiger partial charge in [-0.1, -0.05) is 48.5 Å². The molecule has 0 bridgehead atoms. The highest BCUT2D eigenvalue weighted by atomic mass is 16.4. The minimum atomic E-state index is -0.722. The molecular formula is C34H38N2O3. The van der Waals surface area contributed by atoms with Crippen LogP contribution in [0.1, 0.15) is 60.8 Å². The van der Waals surface area contributed by atoms with Gasteiger partial charge in [0, 0.05) is 24.2 Å². The molecule has 3 aliphatic rings. The molecule has 2 saturated heterocycles. The lowest BCUT2D eigenvalue weighted by molar-refractivity contribution is -0.138. The zero-order chi connectivity index (χ0) is 26.8. The average molecular weight is 523 g/mol. The number of allylic oxidation sites excluding steroid dienone is 1. The summed E-state index contributed by atoms with van der Waals surface area (Å²) in [5.74, 6) is -0.386. The Morgan fingerprint density at radius 2 is 1.54 bits per heavy atom. The molecule has 0 unspecified atom stereocenters. The van der Waals surface area contributed by atoms with Crippen LogP contribution in [0.3, 0.4) is 0 Å². The molecule has 0 amide bonds. The molecular weight excluding hydrogens is 484 g/mol. The van der Waals surface area contributed by atoms with E-state index in [0.717, 1.165) is 58.3 Å². The van der Waals surface area contributed by atoms with Gasteiger partial charge < -0.3 is 15.1 Å². The van der Waals surface area contributed by atoms with E-state index < -0.39 is 5.97 Å². The number of fused-ring (bicyclic) bond motifs is 1. The van der Waals surface area contributed by atoms with Crippen LogP contribution in [0.25, 0.3) is 11.1 Å². The maximum Gasteiger partial charge on any atom is 0.317 e. The lowest BCUT2D eigenvalue weighted by Gasteiger charge is -2.53. The van der Waals surface area contributed by atoms with E-state index >= 15 is 0 Å². The molecule has 0 saturated carbocycles. The summed E-state index contributed by atoms with van der Waals surface area (Å²) in [6.45, 7) is 4.12. The summed E-state index contributed by atoms with van der Waals surface area (Å²) in [6, 6.07) is 25.7. The molecule has 1 spiro atoms. The lowest BCUT2D eigenvalue weighted by atomic mass is 9.71. The minimum Gasteiger partial charge on any atom is -0.508 e. The SMILES string of the molecule is O=C(O)CN1CCCC2(CCC1)CN(c1ccc(C3=C(c4ccccc4)CCCc4cc(O)ccc43)cc1)C2. The number of phenols is 1. The molecule has 202 valence electrons. The zero-order valence-electron chi connectivity index (χ0n) is 22.6. The van der Waals surface area contributed by atoms with Crippen LogP contribution >= 0.6 is 0 Å². The fourth-order valence-electron chi connectivity index (χ4n) is 7.07. The number of anilines is 1. The van der Waals surface area contributed by atoms with Crippen molar-refractivity contribution in [1.82, 2.24) is 4.90 Å². The number of carboxylic acid groups (broad SMARTS) is 1. The average Bonchev–Trinajstić information content (AvgIpc) is 3.09. The van der Waals surface area contributed by atoms with Gasteiger partial charge in [0.2, 0.25) is 0 Å². The normalized spacial score (nSPS) is 19.5. The van der Waals surface area contributed by atoms with Crippen molar-refractivity contribution in [2.45, 2.75) is 44.9 Å². The van der Waals surface area contributed by atoms with E-state index in [4.69, 9.17) is 5.11 Å². The smallest absolute Gasteiger partial charge is 0.317 e. The largest absolute Gasteiger partial charge is 0.508 e. The summed E-state index contributed by atoms with van der Waals surface area (Å²) >= 11 is 0. The van der Waals surface area contributed by atoms with Crippen LogP contribution < -0.4 is 4.90 Å². The molecule has 0 atom stereocenters. The number of likely N-dealkylation sites (tertiary alicyclic amines) is 1. The number of phenolic OH excluding ortho intramolecular Hbond substituents is 1. The number of aromatic hydroxyl groups is 1. The molecule has 5 nitrogen and oxygen atoms in total. The number of hydrogen-bond donors (Lipinski definition) is 2. The van der Waals surface area contributed by atoms with Gasteiger partial charge in [-0.2, -0.15) is 0 Å². The Morgan fingerprint density at radius 3 is 2.23 bits per heavy atom. The van der Waals surface area contributed by atoms with E-state index in [-0.39, 0.29) is 6.54 Å². The molecule has 2 fully saturated rings. The fraction of sp³-hybridized carbons (Fsp3) is 0.382. The lowest BCUT2D eigenvalue weighted by Crippen LogP contribution is -2.57. The van der Waals surface area contributed by atoms with Crippen LogP contribution in [0, 0.1) is 5.41 Å². The maximum atomic E-state index is 11.1.